The molecule has 0 unspecified atom stereocenters. The first-order valence-corrected chi connectivity index (χ1v) is 16.3. The second kappa shape index (κ2) is 9.70. The molecule has 0 saturated carbocycles. The molecule has 4 aromatic rings. The van der Waals surface area contributed by atoms with E-state index in [1.165, 1.54) is 50.2 Å². The molecule has 11 heteroatoms. The van der Waals surface area contributed by atoms with Gasteiger partial charge in [0.2, 0.25) is 0 Å². The van der Waals surface area contributed by atoms with Crippen molar-refractivity contribution in [1.82, 2.24) is 0 Å². The summed E-state index contributed by atoms with van der Waals surface area (Å²) in [5.41, 5.74) is 0.156. The van der Waals surface area contributed by atoms with Crippen LogP contribution in [0.3, 0.4) is 0 Å². The Morgan fingerprint density at radius 3 is 0.892 bits per heavy atom. The van der Waals surface area contributed by atoms with Crippen LogP contribution in [0.25, 0.3) is 0 Å². The summed E-state index contributed by atoms with van der Waals surface area (Å²) in [5, 5.41) is 0. The molecule has 0 heterocycles. The van der Waals surface area contributed by atoms with E-state index in [1.54, 1.807) is 0 Å². The standard InChI is InChI=1S/2C7H7.2C6F5.Sn/c2*1-7-5-3-2-4-6-7;2*7-2-1-3(8)5(10)6(11)4(2)9;/h2*2-5H,1H3;;;. The summed E-state index contributed by atoms with van der Waals surface area (Å²) < 4.78 is 145. The van der Waals surface area contributed by atoms with E-state index in [0.717, 1.165) is 12.1 Å². The van der Waals surface area contributed by atoms with Gasteiger partial charge < -0.3 is 0 Å². The minimum atomic E-state index is -6.71. The van der Waals surface area contributed by atoms with Crippen LogP contribution in [0.4, 0.5) is 43.9 Å². The van der Waals surface area contributed by atoms with Crippen LogP contribution in [0.1, 0.15) is 11.1 Å². The third-order valence-corrected chi connectivity index (χ3v) is 20.9. The second-order valence-corrected chi connectivity index (χ2v) is 18.5. The van der Waals surface area contributed by atoms with Crippen molar-refractivity contribution in [2.75, 3.05) is 0 Å². The molecule has 4 aromatic carbocycles. The van der Waals surface area contributed by atoms with E-state index < -0.39 is 83.7 Å². The first-order valence-electron chi connectivity index (χ1n) is 10.5. The number of aryl methyl sites for hydroxylation is 2. The quantitative estimate of drug-likeness (QED) is 0.127. The molecule has 0 aromatic heterocycles. The third-order valence-electron chi connectivity index (χ3n) is 6.27. The second-order valence-electron chi connectivity index (χ2n) is 8.27. The van der Waals surface area contributed by atoms with Crippen molar-refractivity contribution in [3.8, 4) is 0 Å². The van der Waals surface area contributed by atoms with E-state index in [2.05, 4.69) is 0 Å². The Kier molecular flexibility index (Phi) is 7.08. The molecule has 0 fully saturated rings. The van der Waals surface area contributed by atoms with Crippen LogP contribution in [0, 0.1) is 72.0 Å². The molecular weight excluding hydrogens is 621 g/mol. The van der Waals surface area contributed by atoms with Crippen molar-refractivity contribution in [2.45, 2.75) is 13.8 Å². The number of halogens is 10. The van der Waals surface area contributed by atoms with E-state index in [4.69, 9.17) is 0 Å². The van der Waals surface area contributed by atoms with Crippen LogP contribution in [0.5, 0.6) is 0 Å². The van der Waals surface area contributed by atoms with Gasteiger partial charge in [-0.25, -0.2) is 0 Å². The first kappa shape index (κ1) is 27.0. The fraction of sp³-hybridized carbons (Fsp3) is 0.0769. The molecule has 37 heavy (non-hydrogen) atoms. The van der Waals surface area contributed by atoms with Crippen molar-refractivity contribution in [3.63, 3.8) is 0 Å². The summed E-state index contributed by atoms with van der Waals surface area (Å²) in [5.74, 6) is -24.4. The van der Waals surface area contributed by atoms with Gasteiger partial charge >= 0.3 is 208 Å². The molecule has 0 radical (unpaired) electrons. The molecule has 0 N–H and O–H groups in total. The Hall–Kier alpha value is -3.02. The van der Waals surface area contributed by atoms with Gasteiger partial charge in [-0.2, -0.15) is 0 Å². The Bertz CT molecular complexity index is 1390. The van der Waals surface area contributed by atoms with Gasteiger partial charge in [0, 0.05) is 0 Å². The Morgan fingerprint density at radius 1 is 0.378 bits per heavy atom. The van der Waals surface area contributed by atoms with Crippen molar-refractivity contribution in [3.05, 3.63) is 118 Å². The van der Waals surface area contributed by atoms with E-state index in [-0.39, 0.29) is 18.3 Å². The summed E-state index contributed by atoms with van der Waals surface area (Å²) in [7, 11) is 0. The molecule has 0 aliphatic rings. The summed E-state index contributed by atoms with van der Waals surface area (Å²) in [6.07, 6.45) is 0. The van der Waals surface area contributed by atoms with Crippen molar-refractivity contribution in [1.29, 1.82) is 0 Å². The average molecular weight is 635 g/mol. The van der Waals surface area contributed by atoms with Crippen LogP contribution in [0.15, 0.2) is 48.5 Å². The zero-order valence-corrected chi connectivity index (χ0v) is 21.8. The monoisotopic (exact) mass is 636 g/mol. The predicted octanol–water partition coefficient (Wildman–Crippen LogP) is 5.07. The molecule has 0 saturated heterocycles. The van der Waals surface area contributed by atoms with Crippen molar-refractivity contribution < 1.29 is 43.9 Å². The summed E-state index contributed by atoms with van der Waals surface area (Å²) in [6, 6.07) is 10.3. The number of hydrogen-bond donors (Lipinski definition) is 0. The van der Waals surface area contributed by atoms with E-state index in [1.807, 2.05) is 0 Å². The van der Waals surface area contributed by atoms with Gasteiger partial charge in [-0.05, 0) is 0 Å². The molecule has 0 aliphatic heterocycles. The van der Waals surface area contributed by atoms with Gasteiger partial charge in [0.1, 0.15) is 0 Å². The van der Waals surface area contributed by atoms with Gasteiger partial charge in [-0.3, -0.25) is 0 Å². The zero-order valence-electron chi connectivity index (χ0n) is 18.9. The maximum atomic E-state index is 15.6. The van der Waals surface area contributed by atoms with E-state index in [9.17, 15) is 26.3 Å². The number of benzene rings is 4. The average Bonchev–Trinajstić information content (AvgIpc) is 2.88. The van der Waals surface area contributed by atoms with Gasteiger partial charge in [-0.1, -0.05) is 0 Å². The Balaban J connectivity index is 2.48. The Morgan fingerprint density at radius 2 is 0.622 bits per heavy atom. The number of rotatable bonds is 4. The molecule has 0 spiro atoms. The molecular formula is C26H14F10Sn. The predicted molar refractivity (Wildman–Crippen MR) is 119 cm³/mol. The van der Waals surface area contributed by atoms with Crippen molar-refractivity contribution >= 4 is 32.7 Å². The summed E-state index contributed by atoms with van der Waals surface area (Å²) in [6.45, 7) is 2.66. The first-order chi connectivity index (χ1) is 17.4. The topological polar surface area (TPSA) is 0 Å². The summed E-state index contributed by atoms with van der Waals surface area (Å²) in [4.78, 5) is 0. The maximum absolute atomic E-state index is 15.6. The molecule has 192 valence electrons. The molecule has 0 nitrogen and oxygen atoms in total. The summed E-state index contributed by atoms with van der Waals surface area (Å²) >= 11 is -6.71. The van der Waals surface area contributed by atoms with Crippen LogP contribution < -0.4 is 14.3 Å². The van der Waals surface area contributed by atoms with E-state index >= 15 is 17.6 Å². The van der Waals surface area contributed by atoms with Gasteiger partial charge in [0.05, 0.1) is 0 Å². The van der Waals surface area contributed by atoms with Crippen LogP contribution in [-0.2, 0) is 0 Å². The normalized spacial score (nSPS) is 11.8. The van der Waals surface area contributed by atoms with Crippen LogP contribution >= 0.6 is 0 Å². The van der Waals surface area contributed by atoms with Gasteiger partial charge in [-0.15, -0.1) is 0 Å². The van der Waals surface area contributed by atoms with Crippen LogP contribution in [0.2, 0.25) is 0 Å². The molecule has 0 bridgehead atoms. The third kappa shape index (κ3) is 3.82. The van der Waals surface area contributed by atoms with Gasteiger partial charge in [0.25, 0.3) is 0 Å². The van der Waals surface area contributed by atoms with E-state index in [0.29, 0.717) is 0 Å². The van der Waals surface area contributed by atoms with Crippen molar-refractivity contribution in [2.24, 2.45) is 0 Å². The fourth-order valence-corrected chi connectivity index (χ4v) is 20.1. The molecule has 0 atom stereocenters. The minimum absolute atomic E-state index is 0.0782. The molecule has 0 amide bonds. The van der Waals surface area contributed by atoms with Crippen LogP contribution in [-0.4, -0.2) is 18.4 Å². The molecule has 4 rings (SSSR count). The van der Waals surface area contributed by atoms with Gasteiger partial charge in [0.15, 0.2) is 0 Å². The molecule has 0 aliphatic carbocycles. The fourth-order valence-electron chi connectivity index (χ4n) is 4.66. The zero-order chi connectivity index (χ0) is 27.4. The Labute approximate surface area is 208 Å². The number of hydrogen-bond acceptors (Lipinski definition) is 0. The SMILES string of the molecule is Cc1cccc[c]1[Sn]([c]1ccccc1C)([c]1c(F)c(F)c(F)c(F)c1F)[c]1c(F)c(F)c(F)c(F)c1F.